The van der Waals surface area contributed by atoms with Crippen molar-refractivity contribution in [1.82, 2.24) is 16.1 Å². The van der Waals surface area contributed by atoms with Gasteiger partial charge in [0.25, 0.3) is 5.91 Å². The Balaban J connectivity index is 1.44. The Morgan fingerprint density at radius 2 is 1.93 bits per heavy atom. The van der Waals surface area contributed by atoms with Crippen LogP contribution in [0.1, 0.15) is 36.6 Å². The van der Waals surface area contributed by atoms with Crippen LogP contribution in [0.5, 0.6) is 11.5 Å². The van der Waals surface area contributed by atoms with Gasteiger partial charge >= 0.3 is 5.97 Å². The number of benzene rings is 3. The van der Waals surface area contributed by atoms with Crippen LogP contribution in [0, 0.1) is 3.57 Å². The van der Waals surface area contributed by atoms with Crippen molar-refractivity contribution in [2.75, 3.05) is 13.2 Å². The standard InChI is InChI=1S/C30H26BrCl2IN4O5S/c1-3-41-29(40)26-16(2)36-30(44)37-27(26)21-6-4-5-7-24(21)42-15-25(39)38-35-13-18-10-19(31)11-23(34)28(18)43-14-17-8-9-20(32)12-22(17)33/h4-13,27H,3,14-15H2,1-2H3,(H,38,39)(H2,36,37,44)/t27-/m0/s1. The summed E-state index contributed by atoms with van der Waals surface area (Å²) in [7, 11) is 0. The molecule has 4 rings (SSSR count). The van der Waals surface area contributed by atoms with Gasteiger partial charge in [-0.15, -0.1) is 0 Å². The third-order valence-corrected chi connectivity index (χ3v) is 8.24. The number of ether oxygens (including phenoxy) is 3. The number of rotatable bonds is 11. The Morgan fingerprint density at radius 1 is 1.16 bits per heavy atom. The zero-order valence-corrected chi connectivity index (χ0v) is 29.5. The van der Waals surface area contributed by atoms with Crippen LogP contribution in [-0.4, -0.2) is 36.4 Å². The van der Waals surface area contributed by atoms with Crippen LogP contribution in [0.3, 0.4) is 0 Å². The second-order valence-electron chi connectivity index (χ2n) is 9.24. The molecule has 1 aliphatic rings. The molecule has 1 amide bonds. The number of esters is 1. The van der Waals surface area contributed by atoms with Crippen molar-refractivity contribution in [2.24, 2.45) is 5.10 Å². The number of amides is 1. The van der Waals surface area contributed by atoms with Crippen molar-refractivity contribution >= 4 is 97.1 Å². The van der Waals surface area contributed by atoms with Crippen LogP contribution < -0.4 is 25.5 Å². The molecular weight excluding hydrogens is 806 g/mol. The van der Waals surface area contributed by atoms with Crippen LogP contribution in [0.4, 0.5) is 0 Å². The fourth-order valence-electron chi connectivity index (χ4n) is 4.22. The SMILES string of the molecule is CCOC(=O)C1=C(C)NC(=S)N[C@H]1c1ccccc1OCC(=O)NN=Cc1cc(Br)cc(I)c1OCc1ccc(Cl)cc1Cl. The molecule has 0 aromatic heterocycles. The molecule has 44 heavy (non-hydrogen) atoms. The number of thiocarbonyl (C=S) groups is 1. The molecule has 0 aliphatic carbocycles. The Morgan fingerprint density at radius 3 is 2.68 bits per heavy atom. The maximum atomic E-state index is 12.8. The molecule has 3 aromatic rings. The molecule has 0 unspecified atom stereocenters. The lowest BCUT2D eigenvalue weighted by Gasteiger charge is -2.30. The molecule has 0 bridgehead atoms. The van der Waals surface area contributed by atoms with Gasteiger partial charge in [-0.1, -0.05) is 63.4 Å². The summed E-state index contributed by atoms with van der Waals surface area (Å²) in [5.41, 5.74) is 5.42. The number of hydrogen-bond acceptors (Lipinski definition) is 7. The van der Waals surface area contributed by atoms with E-state index >= 15 is 0 Å². The van der Waals surface area contributed by atoms with E-state index in [-0.39, 0.29) is 19.8 Å². The highest BCUT2D eigenvalue weighted by Gasteiger charge is 2.32. The lowest BCUT2D eigenvalue weighted by atomic mass is 9.95. The van der Waals surface area contributed by atoms with Crippen LogP contribution in [0.15, 0.2) is 75.4 Å². The average molecular weight is 832 g/mol. The van der Waals surface area contributed by atoms with Gasteiger partial charge in [0.1, 0.15) is 18.1 Å². The van der Waals surface area contributed by atoms with Crippen molar-refractivity contribution in [3.63, 3.8) is 0 Å². The first-order valence-corrected chi connectivity index (χ1v) is 16.2. The van der Waals surface area contributed by atoms with Gasteiger partial charge in [0.2, 0.25) is 0 Å². The first-order valence-electron chi connectivity index (χ1n) is 13.1. The number of carbonyl (C=O) groups excluding carboxylic acids is 2. The van der Waals surface area contributed by atoms with Gasteiger partial charge in [-0.3, -0.25) is 4.79 Å². The van der Waals surface area contributed by atoms with Crippen molar-refractivity contribution < 1.29 is 23.8 Å². The van der Waals surface area contributed by atoms with Crippen molar-refractivity contribution in [3.8, 4) is 11.5 Å². The van der Waals surface area contributed by atoms with E-state index in [2.05, 4.69) is 59.7 Å². The highest BCUT2D eigenvalue weighted by atomic mass is 127. The van der Waals surface area contributed by atoms with Gasteiger partial charge in [-0.2, -0.15) is 5.10 Å². The van der Waals surface area contributed by atoms with Crippen LogP contribution in [0.25, 0.3) is 0 Å². The Labute approximate surface area is 292 Å². The molecule has 0 fully saturated rings. The van der Waals surface area contributed by atoms with E-state index in [0.717, 1.165) is 13.6 Å². The van der Waals surface area contributed by atoms with E-state index < -0.39 is 17.9 Å². The smallest absolute Gasteiger partial charge is 0.338 e. The summed E-state index contributed by atoms with van der Waals surface area (Å²) in [6, 6.07) is 15.3. The second-order valence-corrected chi connectivity index (χ2v) is 12.6. The molecule has 14 heteroatoms. The zero-order valence-electron chi connectivity index (χ0n) is 23.4. The van der Waals surface area contributed by atoms with Gasteiger partial charge in [0, 0.05) is 36.9 Å². The maximum Gasteiger partial charge on any atom is 0.338 e. The molecule has 1 heterocycles. The Hall–Kier alpha value is -2.91. The van der Waals surface area contributed by atoms with Gasteiger partial charge in [-0.05, 0) is 79.0 Å². The lowest BCUT2D eigenvalue weighted by molar-refractivity contribution is -0.139. The number of carbonyl (C=O) groups is 2. The summed E-state index contributed by atoms with van der Waals surface area (Å²) in [5, 5.41) is 11.6. The summed E-state index contributed by atoms with van der Waals surface area (Å²) in [6.07, 6.45) is 1.48. The molecule has 0 saturated carbocycles. The van der Waals surface area contributed by atoms with E-state index in [1.807, 2.05) is 12.1 Å². The summed E-state index contributed by atoms with van der Waals surface area (Å²) in [6.45, 7) is 3.57. The fraction of sp³-hybridized carbons (Fsp3) is 0.200. The van der Waals surface area contributed by atoms with E-state index in [9.17, 15) is 9.59 Å². The van der Waals surface area contributed by atoms with E-state index in [0.29, 0.717) is 49.1 Å². The van der Waals surface area contributed by atoms with E-state index in [1.54, 1.807) is 56.3 Å². The Bertz CT molecular complexity index is 1660. The third-order valence-electron chi connectivity index (χ3n) is 6.17. The number of halogens is 4. The minimum absolute atomic E-state index is 0.206. The lowest BCUT2D eigenvalue weighted by Crippen LogP contribution is -2.45. The normalized spacial score (nSPS) is 14.6. The van der Waals surface area contributed by atoms with Crippen molar-refractivity contribution in [1.29, 1.82) is 0 Å². The number of para-hydroxylation sites is 1. The predicted octanol–water partition coefficient (Wildman–Crippen LogP) is 6.82. The van der Waals surface area contributed by atoms with Crippen LogP contribution in [0.2, 0.25) is 10.0 Å². The number of hydrogen-bond donors (Lipinski definition) is 3. The first-order chi connectivity index (χ1) is 21.1. The van der Waals surface area contributed by atoms with Crippen molar-refractivity contribution in [3.05, 3.63) is 101 Å². The van der Waals surface area contributed by atoms with Gasteiger partial charge in [0.05, 0.1) is 28.0 Å². The molecule has 3 aromatic carbocycles. The van der Waals surface area contributed by atoms with Gasteiger partial charge < -0.3 is 24.8 Å². The monoisotopic (exact) mass is 830 g/mol. The van der Waals surface area contributed by atoms with Gasteiger partial charge in [0.15, 0.2) is 11.7 Å². The zero-order chi connectivity index (χ0) is 31.8. The van der Waals surface area contributed by atoms with Crippen LogP contribution >= 0.6 is 73.9 Å². The first kappa shape index (κ1) is 34.0. The molecule has 3 N–H and O–H groups in total. The summed E-state index contributed by atoms with van der Waals surface area (Å²) >= 11 is 23.3. The number of nitrogens with zero attached hydrogens (tertiary/aromatic N) is 1. The second kappa shape index (κ2) is 15.9. The largest absolute Gasteiger partial charge is 0.487 e. The van der Waals surface area contributed by atoms with Gasteiger partial charge in [-0.25, -0.2) is 10.2 Å². The van der Waals surface area contributed by atoms with E-state index in [4.69, 9.17) is 49.6 Å². The molecule has 0 spiro atoms. The molecule has 0 radical (unpaired) electrons. The van der Waals surface area contributed by atoms with Crippen LogP contribution in [-0.2, 0) is 20.9 Å². The molecular formula is C30H26BrCl2IN4O5S. The topological polar surface area (TPSA) is 110 Å². The Kier molecular flexibility index (Phi) is 12.3. The quantitative estimate of drug-likeness (QED) is 0.0636. The molecule has 230 valence electrons. The minimum Gasteiger partial charge on any atom is -0.487 e. The molecule has 1 aliphatic heterocycles. The summed E-state index contributed by atoms with van der Waals surface area (Å²) < 4.78 is 18.8. The number of allylic oxidation sites excluding steroid dienone is 1. The number of hydrazone groups is 1. The fourth-order valence-corrected chi connectivity index (χ4v) is 6.66. The number of nitrogens with one attached hydrogen (secondary N) is 3. The minimum atomic E-state index is -0.639. The third kappa shape index (κ3) is 8.84. The van der Waals surface area contributed by atoms with E-state index in [1.165, 1.54) is 6.21 Å². The highest BCUT2D eigenvalue weighted by molar-refractivity contribution is 14.1. The molecule has 9 nitrogen and oxygen atoms in total. The molecule has 0 saturated heterocycles. The summed E-state index contributed by atoms with van der Waals surface area (Å²) in [4.78, 5) is 25.5. The summed E-state index contributed by atoms with van der Waals surface area (Å²) in [5.74, 6) is -0.0267. The van der Waals surface area contributed by atoms with Crippen molar-refractivity contribution in [2.45, 2.75) is 26.5 Å². The highest BCUT2D eigenvalue weighted by Crippen LogP contribution is 2.34. The molecule has 1 atom stereocenters. The maximum absolute atomic E-state index is 12.8. The predicted molar refractivity (Wildman–Crippen MR) is 186 cm³/mol. The average Bonchev–Trinajstić information content (AvgIpc) is 2.96.